The number of amides is 1. The van der Waals surface area contributed by atoms with Gasteiger partial charge in [0.1, 0.15) is 0 Å². The normalized spacial score (nSPS) is 21.9. The van der Waals surface area contributed by atoms with Crippen LogP contribution in [0.2, 0.25) is 0 Å². The second kappa shape index (κ2) is 6.79. The molecule has 4 nitrogen and oxygen atoms in total. The summed E-state index contributed by atoms with van der Waals surface area (Å²) in [5, 5.41) is 6.19. The molecular weight excluding hydrogens is 178 g/mol. The summed E-state index contributed by atoms with van der Waals surface area (Å²) in [4.78, 5) is 11.4. The van der Waals surface area contributed by atoms with Crippen molar-refractivity contribution in [1.29, 1.82) is 0 Å². The fourth-order valence-electron chi connectivity index (χ4n) is 1.76. The maximum absolute atomic E-state index is 11.4. The molecule has 1 heterocycles. The summed E-state index contributed by atoms with van der Waals surface area (Å²) in [7, 11) is 0. The monoisotopic (exact) mass is 199 g/mol. The number of rotatable bonds is 5. The van der Waals surface area contributed by atoms with E-state index in [1.807, 2.05) is 0 Å². The second-order valence-electron chi connectivity index (χ2n) is 3.91. The summed E-state index contributed by atoms with van der Waals surface area (Å²) >= 11 is 0. The van der Waals surface area contributed by atoms with Crippen molar-refractivity contribution in [2.24, 2.45) is 11.7 Å². The van der Waals surface area contributed by atoms with Crippen LogP contribution in [0.15, 0.2) is 0 Å². The van der Waals surface area contributed by atoms with Crippen molar-refractivity contribution < 1.29 is 4.79 Å². The maximum atomic E-state index is 11.4. The van der Waals surface area contributed by atoms with Gasteiger partial charge in [-0.3, -0.25) is 4.79 Å². The van der Waals surface area contributed by atoms with Crippen molar-refractivity contribution in [3.63, 3.8) is 0 Å². The third-order valence-corrected chi connectivity index (χ3v) is 2.58. The fraction of sp³-hybridized carbons (Fsp3) is 0.900. The molecule has 0 bridgehead atoms. The van der Waals surface area contributed by atoms with Crippen LogP contribution in [0.3, 0.4) is 0 Å². The van der Waals surface area contributed by atoms with Crippen molar-refractivity contribution >= 4 is 5.91 Å². The van der Waals surface area contributed by atoms with Gasteiger partial charge >= 0.3 is 0 Å². The molecule has 1 rings (SSSR count). The molecule has 1 saturated heterocycles. The van der Waals surface area contributed by atoms with E-state index in [9.17, 15) is 4.79 Å². The molecule has 0 aliphatic carbocycles. The molecule has 1 atom stereocenters. The minimum atomic E-state index is 0.173. The Kier molecular flexibility index (Phi) is 5.56. The standard InChI is InChI=1S/C10H21N3O/c11-4-2-6-13-10(14)7-9-3-1-5-12-8-9/h9,12H,1-8,11H2,(H,13,14). The second-order valence-corrected chi connectivity index (χ2v) is 3.91. The number of hydrogen-bond acceptors (Lipinski definition) is 3. The van der Waals surface area contributed by atoms with Crippen LogP contribution in [0.25, 0.3) is 0 Å². The van der Waals surface area contributed by atoms with E-state index in [0.29, 0.717) is 18.9 Å². The molecule has 0 saturated carbocycles. The lowest BCUT2D eigenvalue weighted by Gasteiger charge is -2.21. The Morgan fingerprint density at radius 3 is 3.07 bits per heavy atom. The van der Waals surface area contributed by atoms with Crippen molar-refractivity contribution in [2.75, 3.05) is 26.2 Å². The Balaban J connectivity index is 2.06. The van der Waals surface area contributed by atoms with Crippen molar-refractivity contribution in [3.05, 3.63) is 0 Å². The highest BCUT2D eigenvalue weighted by molar-refractivity contribution is 5.76. The highest BCUT2D eigenvalue weighted by Crippen LogP contribution is 2.13. The van der Waals surface area contributed by atoms with Gasteiger partial charge in [0.15, 0.2) is 0 Å². The van der Waals surface area contributed by atoms with Crippen molar-refractivity contribution in [3.8, 4) is 0 Å². The summed E-state index contributed by atoms with van der Waals surface area (Å²) in [5.41, 5.74) is 5.34. The SMILES string of the molecule is NCCCNC(=O)CC1CCCNC1. The third-order valence-electron chi connectivity index (χ3n) is 2.58. The zero-order chi connectivity index (χ0) is 10.2. The number of hydrogen-bond donors (Lipinski definition) is 3. The van der Waals surface area contributed by atoms with Crippen LogP contribution in [0.5, 0.6) is 0 Å². The molecule has 0 aromatic carbocycles. The fourth-order valence-corrected chi connectivity index (χ4v) is 1.76. The lowest BCUT2D eigenvalue weighted by atomic mass is 9.96. The van der Waals surface area contributed by atoms with Gasteiger partial charge in [-0.1, -0.05) is 0 Å². The Hall–Kier alpha value is -0.610. The van der Waals surface area contributed by atoms with E-state index in [1.165, 1.54) is 12.8 Å². The molecule has 1 fully saturated rings. The van der Waals surface area contributed by atoms with E-state index in [0.717, 1.165) is 26.1 Å². The molecule has 0 aromatic heterocycles. The summed E-state index contributed by atoms with van der Waals surface area (Å²) in [6, 6.07) is 0. The minimum Gasteiger partial charge on any atom is -0.356 e. The number of carbonyl (C=O) groups excluding carboxylic acids is 1. The first-order chi connectivity index (χ1) is 6.83. The van der Waals surface area contributed by atoms with E-state index >= 15 is 0 Å². The van der Waals surface area contributed by atoms with E-state index in [2.05, 4.69) is 10.6 Å². The predicted octanol–water partition coefficient (Wildman–Crippen LogP) is -0.159. The maximum Gasteiger partial charge on any atom is 0.220 e. The van der Waals surface area contributed by atoms with Gasteiger partial charge in [-0.2, -0.15) is 0 Å². The molecule has 1 amide bonds. The van der Waals surface area contributed by atoms with Gasteiger partial charge < -0.3 is 16.4 Å². The van der Waals surface area contributed by atoms with Gasteiger partial charge in [0.05, 0.1) is 0 Å². The topological polar surface area (TPSA) is 67.1 Å². The van der Waals surface area contributed by atoms with Gasteiger partial charge in [-0.05, 0) is 44.8 Å². The van der Waals surface area contributed by atoms with Gasteiger partial charge in [-0.25, -0.2) is 0 Å². The summed E-state index contributed by atoms with van der Waals surface area (Å²) in [6.07, 6.45) is 3.91. The molecule has 14 heavy (non-hydrogen) atoms. The molecule has 1 unspecified atom stereocenters. The van der Waals surface area contributed by atoms with Crippen LogP contribution in [-0.4, -0.2) is 32.1 Å². The first-order valence-electron chi connectivity index (χ1n) is 5.50. The van der Waals surface area contributed by atoms with Crippen LogP contribution in [0.4, 0.5) is 0 Å². The highest BCUT2D eigenvalue weighted by atomic mass is 16.1. The minimum absolute atomic E-state index is 0.173. The number of nitrogens with one attached hydrogen (secondary N) is 2. The Labute approximate surface area is 85.6 Å². The van der Waals surface area contributed by atoms with Gasteiger partial charge in [0, 0.05) is 13.0 Å². The number of nitrogens with two attached hydrogens (primary N) is 1. The first kappa shape index (κ1) is 11.5. The molecule has 82 valence electrons. The predicted molar refractivity (Wildman–Crippen MR) is 56.9 cm³/mol. The summed E-state index contributed by atoms with van der Waals surface area (Å²) in [5.74, 6) is 0.703. The van der Waals surface area contributed by atoms with Crippen LogP contribution < -0.4 is 16.4 Å². The summed E-state index contributed by atoms with van der Waals surface area (Å²) < 4.78 is 0. The largest absolute Gasteiger partial charge is 0.356 e. The molecule has 4 heteroatoms. The lowest BCUT2D eigenvalue weighted by Crippen LogP contribution is -2.34. The third kappa shape index (κ3) is 4.58. The van der Waals surface area contributed by atoms with Gasteiger partial charge in [0.2, 0.25) is 5.91 Å². The van der Waals surface area contributed by atoms with Gasteiger partial charge in [-0.15, -0.1) is 0 Å². The first-order valence-corrected chi connectivity index (χ1v) is 5.50. The average molecular weight is 199 g/mol. The smallest absolute Gasteiger partial charge is 0.220 e. The van der Waals surface area contributed by atoms with Crippen molar-refractivity contribution in [2.45, 2.75) is 25.7 Å². The van der Waals surface area contributed by atoms with E-state index in [-0.39, 0.29) is 5.91 Å². The molecule has 0 aromatic rings. The molecule has 1 aliphatic rings. The quantitative estimate of drug-likeness (QED) is 0.539. The van der Waals surface area contributed by atoms with E-state index in [4.69, 9.17) is 5.73 Å². The van der Waals surface area contributed by atoms with Crippen LogP contribution in [0.1, 0.15) is 25.7 Å². The Morgan fingerprint density at radius 1 is 1.57 bits per heavy atom. The zero-order valence-electron chi connectivity index (χ0n) is 8.72. The molecule has 4 N–H and O–H groups in total. The lowest BCUT2D eigenvalue weighted by molar-refractivity contribution is -0.122. The number of carbonyl (C=O) groups is 1. The molecular formula is C10H21N3O. The molecule has 0 radical (unpaired) electrons. The van der Waals surface area contributed by atoms with Gasteiger partial charge in [0.25, 0.3) is 0 Å². The average Bonchev–Trinajstić information content (AvgIpc) is 2.20. The molecule has 0 spiro atoms. The summed E-state index contributed by atoms with van der Waals surface area (Å²) in [6.45, 7) is 3.45. The number of piperidine rings is 1. The Bertz CT molecular complexity index is 167. The van der Waals surface area contributed by atoms with E-state index < -0.39 is 0 Å². The zero-order valence-corrected chi connectivity index (χ0v) is 8.72. The molecule has 1 aliphatic heterocycles. The van der Waals surface area contributed by atoms with Crippen molar-refractivity contribution in [1.82, 2.24) is 10.6 Å². The highest BCUT2D eigenvalue weighted by Gasteiger charge is 2.15. The van der Waals surface area contributed by atoms with Crippen LogP contribution >= 0.6 is 0 Å². The van der Waals surface area contributed by atoms with Crippen LogP contribution in [0, 0.1) is 5.92 Å². The van der Waals surface area contributed by atoms with Crippen LogP contribution in [-0.2, 0) is 4.79 Å². The Morgan fingerprint density at radius 2 is 2.43 bits per heavy atom. The van der Waals surface area contributed by atoms with E-state index in [1.54, 1.807) is 0 Å².